The second-order valence-corrected chi connectivity index (χ2v) is 5.99. The van der Waals surface area contributed by atoms with Crippen molar-refractivity contribution in [2.45, 2.75) is 25.2 Å². The molecule has 1 aliphatic carbocycles. The zero-order valence-electron chi connectivity index (χ0n) is 11.3. The van der Waals surface area contributed by atoms with Crippen LogP contribution in [-0.2, 0) is 4.79 Å². The summed E-state index contributed by atoms with van der Waals surface area (Å²) in [4.78, 5) is 13.5. The van der Waals surface area contributed by atoms with E-state index in [0.717, 1.165) is 37.9 Å². The zero-order chi connectivity index (χ0) is 13.2. The van der Waals surface area contributed by atoms with E-state index < -0.39 is 0 Å². The van der Waals surface area contributed by atoms with E-state index in [4.69, 9.17) is 5.73 Å². The SMILES string of the molecule is NC(=O)[C@@H]1CCN(CC[C@@H]2C[C@H]2c2ccccc2)C1. The van der Waals surface area contributed by atoms with Gasteiger partial charge in [-0.1, -0.05) is 30.3 Å². The van der Waals surface area contributed by atoms with E-state index in [0.29, 0.717) is 0 Å². The lowest BCUT2D eigenvalue weighted by molar-refractivity contribution is -0.121. The first kappa shape index (κ1) is 12.7. The highest BCUT2D eigenvalue weighted by Gasteiger charge is 2.38. The van der Waals surface area contributed by atoms with Crippen LogP contribution < -0.4 is 5.73 Å². The first-order valence-corrected chi connectivity index (χ1v) is 7.30. The number of carbonyl (C=O) groups is 1. The molecule has 1 heterocycles. The molecule has 1 amide bonds. The summed E-state index contributed by atoms with van der Waals surface area (Å²) < 4.78 is 0. The van der Waals surface area contributed by atoms with Gasteiger partial charge in [0.1, 0.15) is 0 Å². The van der Waals surface area contributed by atoms with Crippen LogP contribution in [0.25, 0.3) is 0 Å². The van der Waals surface area contributed by atoms with Gasteiger partial charge in [0.2, 0.25) is 5.91 Å². The third-order valence-corrected chi connectivity index (χ3v) is 4.64. The maximum absolute atomic E-state index is 11.1. The van der Waals surface area contributed by atoms with Gasteiger partial charge in [0.15, 0.2) is 0 Å². The lowest BCUT2D eigenvalue weighted by Crippen LogP contribution is -2.28. The standard InChI is InChI=1S/C16H22N2O/c17-16(19)14-7-9-18(11-14)8-6-13-10-15(13)12-4-2-1-3-5-12/h1-5,13-15H,6-11H2,(H2,17,19)/t13-,14-,15+/m1/s1. The lowest BCUT2D eigenvalue weighted by atomic mass is 10.1. The van der Waals surface area contributed by atoms with Crippen molar-refractivity contribution in [1.29, 1.82) is 0 Å². The van der Waals surface area contributed by atoms with E-state index in [-0.39, 0.29) is 11.8 Å². The molecule has 0 spiro atoms. The van der Waals surface area contributed by atoms with Crippen molar-refractivity contribution in [2.24, 2.45) is 17.6 Å². The largest absolute Gasteiger partial charge is 0.369 e. The Kier molecular flexibility index (Phi) is 3.56. The molecule has 3 atom stereocenters. The van der Waals surface area contributed by atoms with Crippen LogP contribution in [0.5, 0.6) is 0 Å². The van der Waals surface area contributed by atoms with Crippen molar-refractivity contribution in [2.75, 3.05) is 19.6 Å². The second-order valence-electron chi connectivity index (χ2n) is 5.99. The topological polar surface area (TPSA) is 46.3 Å². The minimum atomic E-state index is -0.129. The molecule has 2 aliphatic rings. The van der Waals surface area contributed by atoms with E-state index in [1.807, 2.05) is 0 Å². The summed E-state index contributed by atoms with van der Waals surface area (Å²) in [5, 5.41) is 0. The number of rotatable bonds is 5. The van der Waals surface area contributed by atoms with Crippen molar-refractivity contribution in [3.63, 3.8) is 0 Å². The molecule has 0 bridgehead atoms. The van der Waals surface area contributed by atoms with Crippen molar-refractivity contribution in [3.05, 3.63) is 35.9 Å². The van der Waals surface area contributed by atoms with Crippen LogP contribution in [0, 0.1) is 11.8 Å². The van der Waals surface area contributed by atoms with Crippen molar-refractivity contribution < 1.29 is 4.79 Å². The highest BCUT2D eigenvalue weighted by molar-refractivity contribution is 5.77. The Morgan fingerprint density at radius 3 is 2.79 bits per heavy atom. The summed E-state index contributed by atoms with van der Waals surface area (Å²) in [6.45, 7) is 3.03. The smallest absolute Gasteiger partial charge is 0.221 e. The minimum Gasteiger partial charge on any atom is -0.369 e. The molecule has 1 aromatic rings. The van der Waals surface area contributed by atoms with Crippen LogP contribution >= 0.6 is 0 Å². The first-order chi connectivity index (χ1) is 9.24. The molecule has 2 N–H and O–H groups in total. The highest BCUT2D eigenvalue weighted by Crippen LogP contribution is 2.49. The van der Waals surface area contributed by atoms with Crippen LogP contribution in [-0.4, -0.2) is 30.4 Å². The first-order valence-electron chi connectivity index (χ1n) is 7.30. The van der Waals surface area contributed by atoms with Gasteiger partial charge in [-0.25, -0.2) is 0 Å². The van der Waals surface area contributed by atoms with Crippen LogP contribution in [0.15, 0.2) is 30.3 Å². The molecule has 3 nitrogen and oxygen atoms in total. The number of nitrogens with zero attached hydrogens (tertiary/aromatic N) is 1. The van der Waals surface area contributed by atoms with Gasteiger partial charge in [-0.3, -0.25) is 4.79 Å². The van der Waals surface area contributed by atoms with Gasteiger partial charge in [-0.2, -0.15) is 0 Å². The molecule has 102 valence electrons. The summed E-state index contributed by atoms with van der Waals surface area (Å²) in [7, 11) is 0. The molecule has 3 rings (SSSR count). The fourth-order valence-corrected chi connectivity index (χ4v) is 3.29. The molecule has 1 aliphatic heterocycles. The molecule has 1 saturated carbocycles. The Bertz CT molecular complexity index is 445. The summed E-state index contributed by atoms with van der Waals surface area (Å²) >= 11 is 0. The summed E-state index contributed by atoms with van der Waals surface area (Å²) in [5.41, 5.74) is 6.85. The Balaban J connectivity index is 1.42. The monoisotopic (exact) mass is 258 g/mol. The van der Waals surface area contributed by atoms with Crippen LogP contribution in [0.3, 0.4) is 0 Å². The maximum Gasteiger partial charge on any atom is 0.221 e. The Morgan fingerprint density at radius 1 is 1.32 bits per heavy atom. The molecule has 1 saturated heterocycles. The third-order valence-electron chi connectivity index (χ3n) is 4.64. The number of hydrogen-bond donors (Lipinski definition) is 1. The fraction of sp³-hybridized carbons (Fsp3) is 0.562. The lowest BCUT2D eigenvalue weighted by Gasteiger charge is -2.14. The van der Waals surface area contributed by atoms with Gasteiger partial charge in [-0.05, 0) is 49.8 Å². The zero-order valence-corrected chi connectivity index (χ0v) is 11.3. The summed E-state index contributed by atoms with van der Waals surface area (Å²) in [6, 6.07) is 10.8. The molecule has 2 fully saturated rings. The molecular weight excluding hydrogens is 236 g/mol. The van der Waals surface area contributed by atoms with E-state index in [1.165, 1.54) is 18.4 Å². The van der Waals surface area contributed by atoms with Crippen molar-refractivity contribution in [1.82, 2.24) is 4.90 Å². The second kappa shape index (κ2) is 5.33. The normalized spacial score (nSPS) is 30.4. The highest BCUT2D eigenvalue weighted by atomic mass is 16.1. The average molecular weight is 258 g/mol. The fourth-order valence-electron chi connectivity index (χ4n) is 3.29. The van der Waals surface area contributed by atoms with E-state index in [2.05, 4.69) is 35.2 Å². The third kappa shape index (κ3) is 2.98. The van der Waals surface area contributed by atoms with Gasteiger partial charge in [0, 0.05) is 6.54 Å². The molecule has 0 radical (unpaired) electrons. The van der Waals surface area contributed by atoms with E-state index in [9.17, 15) is 4.79 Å². The summed E-state index contributed by atoms with van der Waals surface area (Å²) in [5.74, 6) is 1.57. The molecule has 3 heteroatoms. The number of carbonyl (C=O) groups excluding carboxylic acids is 1. The number of amides is 1. The number of hydrogen-bond acceptors (Lipinski definition) is 2. The number of primary amides is 1. The van der Waals surface area contributed by atoms with E-state index in [1.54, 1.807) is 0 Å². The Hall–Kier alpha value is -1.35. The Labute approximate surface area is 114 Å². The number of benzene rings is 1. The number of likely N-dealkylation sites (tertiary alicyclic amines) is 1. The van der Waals surface area contributed by atoms with Crippen LogP contribution in [0.1, 0.15) is 30.7 Å². The van der Waals surface area contributed by atoms with Crippen molar-refractivity contribution in [3.8, 4) is 0 Å². The quantitative estimate of drug-likeness (QED) is 0.878. The minimum absolute atomic E-state index is 0.0872. The average Bonchev–Trinajstić information content (AvgIpc) is 3.05. The molecule has 19 heavy (non-hydrogen) atoms. The summed E-state index contributed by atoms with van der Waals surface area (Å²) in [6.07, 6.45) is 3.53. The predicted molar refractivity (Wildman–Crippen MR) is 75.6 cm³/mol. The van der Waals surface area contributed by atoms with Gasteiger partial charge in [-0.15, -0.1) is 0 Å². The Morgan fingerprint density at radius 2 is 2.11 bits per heavy atom. The van der Waals surface area contributed by atoms with E-state index >= 15 is 0 Å². The van der Waals surface area contributed by atoms with Gasteiger partial charge in [0.25, 0.3) is 0 Å². The van der Waals surface area contributed by atoms with Crippen LogP contribution in [0.4, 0.5) is 0 Å². The van der Waals surface area contributed by atoms with Gasteiger partial charge >= 0.3 is 0 Å². The van der Waals surface area contributed by atoms with Crippen molar-refractivity contribution >= 4 is 5.91 Å². The maximum atomic E-state index is 11.1. The predicted octanol–water partition coefficient (Wildman–Crippen LogP) is 1.99. The number of nitrogens with two attached hydrogens (primary N) is 1. The van der Waals surface area contributed by atoms with Gasteiger partial charge < -0.3 is 10.6 Å². The molecule has 0 aromatic heterocycles. The molecule has 0 unspecified atom stereocenters. The molecular formula is C16H22N2O. The van der Waals surface area contributed by atoms with Crippen LogP contribution in [0.2, 0.25) is 0 Å². The van der Waals surface area contributed by atoms with Gasteiger partial charge in [0.05, 0.1) is 5.92 Å². The molecule has 1 aromatic carbocycles.